The van der Waals surface area contributed by atoms with Crippen LogP contribution in [0.4, 0.5) is 0 Å². The van der Waals surface area contributed by atoms with E-state index in [0.29, 0.717) is 4.88 Å². The molecule has 0 bridgehead atoms. The molecule has 100 valence electrons. The lowest BCUT2D eigenvalue weighted by Gasteiger charge is -2.01. The number of halogens is 1. The molecule has 0 unspecified atom stereocenters. The van der Waals surface area contributed by atoms with Gasteiger partial charge in [-0.2, -0.15) is 0 Å². The number of thiophene rings is 1. The van der Waals surface area contributed by atoms with E-state index in [1.807, 2.05) is 42.5 Å². The number of benzene rings is 2. The summed E-state index contributed by atoms with van der Waals surface area (Å²) in [5.74, 6) is -0.292. The summed E-state index contributed by atoms with van der Waals surface area (Å²) in [6.45, 7) is 0. The fourth-order valence-electron chi connectivity index (χ4n) is 2.05. The molecule has 0 saturated heterocycles. The fraction of sp³-hybridized carbons (Fsp3) is 0.0625. The number of fused-ring (bicyclic) bond motifs is 1. The van der Waals surface area contributed by atoms with E-state index >= 15 is 0 Å². The van der Waals surface area contributed by atoms with E-state index in [1.54, 1.807) is 0 Å². The van der Waals surface area contributed by atoms with Gasteiger partial charge in [0.1, 0.15) is 4.88 Å². The van der Waals surface area contributed by atoms with E-state index in [-0.39, 0.29) is 5.97 Å². The van der Waals surface area contributed by atoms with Gasteiger partial charge in [-0.05, 0) is 40.8 Å². The van der Waals surface area contributed by atoms with Crippen LogP contribution in [0, 0.1) is 0 Å². The van der Waals surface area contributed by atoms with Gasteiger partial charge in [-0.3, -0.25) is 0 Å². The van der Waals surface area contributed by atoms with E-state index in [4.69, 9.17) is 16.3 Å². The molecule has 20 heavy (non-hydrogen) atoms. The number of hydrogen-bond donors (Lipinski definition) is 0. The molecule has 1 aromatic heterocycles. The summed E-state index contributed by atoms with van der Waals surface area (Å²) in [6, 6.07) is 15.7. The molecule has 0 N–H and O–H groups in total. The van der Waals surface area contributed by atoms with Crippen LogP contribution in [-0.2, 0) is 4.74 Å². The number of carbonyl (C=O) groups excluding carboxylic acids is 1. The van der Waals surface area contributed by atoms with Crippen molar-refractivity contribution < 1.29 is 9.53 Å². The first-order valence-corrected chi connectivity index (χ1v) is 7.24. The molecule has 0 radical (unpaired) electrons. The maximum absolute atomic E-state index is 11.5. The zero-order valence-corrected chi connectivity index (χ0v) is 12.3. The topological polar surface area (TPSA) is 26.3 Å². The Bertz CT molecular complexity index is 775. The third-order valence-electron chi connectivity index (χ3n) is 3.08. The predicted octanol–water partition coefficient (Wildman–Crippen LogP) is 5.01. The minimum Gasteiger partial charge on any atom is -0.465 e. The van der Waals surface area contributed by atoms with Crippen molar-refractivity contribution in [3.8, 4) is 11.1 Å². The highest BCUT2D eigenvalue weighted by molar-refractivity contribution is 7.20. The van der Waals surface area contributed by atoms with Crippen LogP contribution < -0.4 is 0 Å². The monoisotopic (exact) mass is 302 g/mol. The number of rotatable bonds is 2. The van der Waals surface area contributed by atoms with Crippen LogP contribution in [0.3, 0.4) is 0 Å². The Balaban J connectivity index is 2.06. The van der Waals surface area contributed by atoms with Gasteiger partial charge in [0.15, 0.2) is 0 Å². The van der Waals surface area contributed by atoms with E-state index in [0.717, 1.165) is 26.2 Å². The lowest BCUT2D eigenvalue weighted by Crippen LogP contribution is -1.96. The van der Waals surface area contributed by atoms with E-state index < -0.39 is 0 Å². The van der Waals surface area contributed by atoms with Gasteiger partial charge < -0.3 is 4.74 Å². The molecule has 0 amide bonds. The highest BCUT2D eigenvalue weighted by Crippen LogP contribution is 2.31. The van der Waals surface area contributed by atoms with Gasteiger partial charge >= 0.3 is 5.97 Å². The summed E-state index contributed by atoms with van der Waals surface area (Å²) in [7, 11) is 1.39. The van der Waals surface area contributed by atoms with Crippen LogP contribution >= 0.6 is 22.9 Å². The molecule has 0 atom stereocenters. The largest absolute Gasteiger partial charge is 0.465 e. The Morgan fingerprint density at radius 3 is 2.45 bits per heavy atom. The number of ether oxygens (including phenoxy) is 1. The zero-order chi connectivity index (χ0) is 14.1. The van der Waals surface area contributed by atoms with E-state index in [9.17, 15) is 4.79 Å². The van der Waals surface area contributed by atoms with Gasteiger partial charge in [-0.1, -0.05) is 35.9 Å². The summed E-state index contributed by atoms with van der Waals surface area (Å²) in [5.41, 5.74) is 2.21. The summed E-state index contributed by atoms with van der Waals surface area (Å²) in [4.78, 5) is 12.2. The Hall–Kier alpha value is -1.84. The fourth-order valence-corrected chi connectivity index (χ4v) is 3.20. The molecule has 0 aliphatic heterocycles. The standard InChI is InChI=1S/C16H11ClO2S/c1-19-16(18)15-9-12-3-2-11(8-14(12)20-15)10-4-6-13(17)7-5-10/h2-9H,1H3. The van der Waals surface area contributed by atoms with E-state index in [2.05, 4.69) is 6.07 Å². The lowest BCUT2D eigenvalue weighted by atomic mass is 10.1. The minimum atomic E-state index is -0.292. The van der Waals surface area contributed by atoms with Gasteiger partial charge in [0, 0.05) is 9.72 Å². The Kier molecular flexibility index (Phi) is 3.47. The molecule has 0 aliphatic rings. The van der Waals surface area contributed by atoms with Gasteiger partial charge in [0.05, 0.1) is 7.11 Å². The van der Waals surface area contributed by atoms with Crippen molar-refractivity contribution >= 4 is 39.0 Å². The SMILES string of the molecule is COC(=O)c1cc2ccc(-c3ccc(Cl)cc3)cc2s1. The number of carbonyl (C=O) groups is 1. The molecule has 3 aromatic rings. The molecule has 0 spiro atoms. The van der Waals surface area contributed by atoms with Crippen molar-refractivity contribution in [2.24, 2.45) is 0 Å². The second kappa shape index (κ2) is 5.27. The van der Waals surface area contributed by atoms with Gasteiger partial charge in [0.2, 0.25) is 0 Å². The maximum atomic E-state index is 11.5. The number of methoxy groups -OCH3 is 1. The number of hydrogen-bond acceptors (Lipinski definition) is 3. The van der Waals surface area contributed by atoms with Crippen molar-refractivity contribution in [1.29, 1.82) is 0 Å². The van der Waals surface area contributed by atoms with Crippen LogP contribution in [0.1, 0.15) is 9.67 Å². The van der Waals surface area contributed by atoms with Crippen molar-refractivity contribution in [3.05, 3.63) is 58.4 Å². The summed E-state index contributed by atoms with van der Waals surface area (Å²) < 4.78 is 5.82. The summed E-state index contributed by atoms with van der Waals surface area (Å²) in [6.07, 6.45) is 0. The Morgan fingerprint density at radius 2 is 1.75 bits per heavy atom. The second-order valence-corrected chi connectivity index (χ2v) is 5.88. The molecule has 2 nitrogen and oxygen atoms in total. The smallest absolute Gasteiger partial charge is 0.348 e. The van der Waals surface area contributed by atoms with E-state index in [1.165, 1.54) is 18.4 Å². The Morgan fingerprint density at radius 1 is 1.05 bits per heavy atom. The molecule has 2 aromatic carbocycles. The maximum Gasteiger partial charge on any atom is 0.348 e. The average molecular weight is 303 g/mol. The van der Waals surface area contributed by atoms with Crippen LogP contribution in [0.15, 0.2) is 48.5 Å². The van der Waals surface area contributed by atoms with Crippen LogP contribution in [-0.4, -0.2) is 13.1 Å². The van der Waals surface area contributed by atoms with Crippen LogP contribution in [0.2, 0.25) is 5.02 Å². The molecule has 0 saturated carbocycles. The van der Waals surface area contributed by atoms with Gasteiger partial charge in [-0.25, -0.2) is 4.79 Å². The highest BCUT2D eigenvalue weighted by atomic mass is 35.5. The highest BCUT2D eigenvalue weighted by Gasteiger charge is 2.10. The minimum absolute atomic E-state index is 0.292. The first-order valence-electron chi connectivity index (χ1n) is 6.05. The zero-order valence-electron chi connectivity index (χ0n) is 10.7. The summed E-state index contributed by atoms with van der Waals surface area (Å²) in [5, 5.41) is 1.77. The third-order valence-corrected chi connectivity index (χ3v) is 4.41. The first-order chi connectivity index (χ1) is 9.67. The third kappa shape index (κ3) is 2.42. The lowest BCUT2D eigenvalue weighted by molar-refractivity contribution is 0.0606. The van der Waals surface area contributed by atoms with Crippen LogP contribution in [0.5, 0.6) is 0 Å². The molecular weight excluding hydrogens is 292 g/mol. The second-order valence-electron chi connectivity index (χ2n) is 4.36. The summed E-state index contributed by atoms with van der Waals surface area (Å²) >= 11 is 7.34. The molecular formula is C16H11ClO2S. The van der Waals surface area contributed by atoms with Crippen molar-refractivity contribution in [1.82, 2.24) is 0 Å². The average Bonchev–Trinajstić information content (AvgIpc) is 2.90. The normalized spacial score (nSPS) is 10.7. The predicted molar refractivity (Wildman–Crippen MR) is 83.6 cm³/mol. The molecule has 4 heteroatoms. The molecule has 1 heterocycles. The van der Waals surface area contributed by atoms with Gasteiger partial charge in [-0.15, -0.1) is 11.3 Å². The molecule has 0 aliphatic carbocycles. The number of esters is 1. The first kappa shape index (κ1) is 13.2. The van der Waals surface area contributed by atoms with Gasteiger partial charge in [0.25, 0.3) is 0 Å². The Labute approximate surface area is 125 Å². The quantitative estimate of drug-likeness (QED) is 0.622. The van der Waals surface area contributed by atoms with Crippen molar-refractivity contribution in [2.75, 3.05) is 7.11 Å². The molecule has 3 rings (SSSR count). The van der Waals surface area contributed by atoms with Crippen LogP contribution in [0.25, 0.3) is 21.2 Å². The van der Waals surface area contributed by atoms with Crippen molar-refractivity contribution in [2.45, 2.75) is 0 Å². The molecule has 0 fully saturated rings. The van der Waals surface area contributed by atoms with Crippen molar-refractivity contribution in [3.63, 3.8) is 0 Å².